The lowest BCUT2D eigenvalue weighted by Gasteiger charge is -2.22. The van der Waals surface area contributed by atoms with Gasteiger partial charge >= 0.3 is 6.03 Å². The molecule has 114 valence electrons. The highest BCUT2D eigenvalue weighted by atomic mass is 16.7. The Balaban J connectivity index is 1.41. The van der Waals surface area contributed by atoms with Gasteiger partial charge in [-0.05, 0) is 36.5 Å². The fraction of sp³-hybridized carbons (Fsp3) is 0.533. The molecular formula is C15H20N2O4. The lowest BCUT2D eigenvalue weighted by molar-refractivity contribution is 0.0669. The van der Waals surface area contributed by atoms with E-state index in [-0.39, 0.29) is 12.8 Å². The first kappa shape index (κ1) is 14.0. The minimum Gasteiger partial charge on any atom is -0.454 e. The minimum atomic E-state index is -0.140. The summed E-state index contributed by atoms with van der Waals surface area (Å²) in [4.78, 5) is 11.8. The third-order valence-electron chi connectivity index (χ3n) is 3.78. The SMILES string of the molecule is O=C(NCc1ccc2c(c1)OCO2)NCC1CCOCC1. The Hall–Kier alpha value is -1.95. The molecule has 2 aliphatic heterocycles. The summed E-state index contributed by atoms with van der Waals surface area (Å²) in [5.74, 6) is 2.01. The van der Waals surface area contributed by atoms with E-state index in [9.17, 15) is 4.79 Å². The van der Waals surface area contributed by atoms with Gasteiger partial charge in [0.05, 0.1) is 0 Å². The number of fused-ring (bicyclic) bond motifs is 1. The summed E-state index contributed by atoms with van der Waals surface area (Å²) in [6.45, 7) is 3.03. The standard InChI is InChI=1S/C15H20N2O4/c18-15(16-8-11-3-5-19-6-4-11)17-9-12-1-2-13-14(7-12)21-10-20-13/h1-2,7,11H,3-6,8-10H2,(H2,16,17,18). The number of carbonyl (C=O) groups is 1. The lowest BCUT2D eigenvalue weighted by Crippen LogP contribution is -2.39. The normalized spacial score (nSPS) is 17.5. The molecule has 21 heavy (non-hydrogen) atoms. The number of amides is 2. The van der Waals surface area contributed by atoms with Crippen LogP contribution in [0, 0.1) is 5.92 Å². The van der Waals surface area contributed by atoms with Gasteiger partial charge < -0.3 is 24.8 Å². The van der Waals surface area contributed by atoms with Gasteiger partial charge in [0.25, 0.3) is 0 Å². The molecule has 1 saturated heterocycles. The number of ether oxygens (including phenoxy) is 3. The zero-order valence-corrected chi connectivity index (χ0v) is 11.9. The second-order valence-corrected chi connectivity index (χ2v) is 5.31. The van der Waals surface area contributed by atoms with E-state index in [1.165, 1.54) is 0 Å². The number of urea groups is 1. The van der Waals surface area contributed by atoms with Gasteiger partial charge in [-0.3, -0.25) is 0 Å². The van der Waals surface area contributed by atoms with E-state index >= 15 is 0 Å². The van der Waals surface area contributed by atoms with Crippen molar-refractivity contribution < 1.29 is 19.0 Å². The van der Waals surface area contributed by atoms with Gasteiger partial charge in [-0.25, -0.2) is 4.79 Å². The van der Waals surface area contributed by atoms with Crippen molar-refractivity contribution in [2.45, 2.75) is 19.4 Å². The molecule has 1 aromatic carbocycles. The van der Waals surface area contributed by atoms with Crippen LogP contribution < -0.4 is 20.1 Å². The zero-order chi connectivity index (χ0) is 14.5. The summed E-state index contributed by atoms with van der Waals surface area (Å²) in [6.07, 6.45) is 2.03. The maximum Gasteiger partial charge on any atom is 0.315 e. The first-order chi connectivity index (χ1) is 10.3. The quantitative estimate of drug-likeness (QED) is 0.885. The first-order valence-electron chi connectivity index (χ1n) is 7.29. The second-order valence-electron chi connectivity index (χ2n) is 5.31. The van der Waals surface area contributed by atoms with Crippen molar-refractivity contribution in [3.05, 3.63) is 23.8 Å². The number of hydrogen-bond donors (Lipinski definition) is 2. The van der Waals surface area contributed by atoms with Gasteiger partial charge in [0.1, 0.15) is 0 Å². The third-order valence-corrected chi connectivity index (χ3v) is 3.78. The van der Waals surface area contributed by atoms with Crippen LogP contribution in [0.2, 0.25) is 0 Å². The number of nitrogens with one attached hydrogen (secondary N) is 2. The molecule has 0 radical (unpaired) electrons. The lowest BCUT2D eigenvalue weighted by atomic mass is 10.0. The predicted octanol–water partition coefficient (Wildman–Crippen LogP) is 1.64. The fourth-order valence-corrected chi connectivity index (χ4v) is 2.48. The Morgan fingerprint density at radius 3 is 2.81 bits per heavy atom. The van der Waals surface area contributed by atoms with Crippen LogP contribution in [0.1, 0.15) is 18.4 Å². The number of benzene rings is 1. The van der Waals surface area contributed by atoms with Crippen molar-refractivity contribution in [1.82, 2.24) is 10.6 Å². The van der Waals surface area contributed by atoms with Crippen LogP contribution in [-0.4, -0.2) is 32.6 Å². The molecule has 3 rings (SSSR count). The van der Waals surface area contributed by atoms with Crippen LogP contribution in [0.3, 0.4) is 0 Å². The number of rotatable bonds is 4. The summed E-state index contributed by atoms with van der Waals surface area (Å²) in [6, 6.07) is 5.53. The minimum absolute atomic E-state index is 0.140. The van der Waals surface area contributed by atoms with Crippen LogP contribution in [0.4, 0.5) is 4.79 Å². The van der Waals surface area contributed by atoms with Crippen LogP contribution in [0.5, 0.6) is 11.5 Å². The van der Waals surface area contributed by atoms with Gasteiger partial charge in [-0.15, -0.1) is 0 Å². The molecule has 0 atom stereocenters. The molecule has 2 amide bonds. The fourth-order valence-electron chi connectivity index (χ4n) is 2.48. The summed E-state index contributed by atoms with van der Waals surface area (Å²) in [5, 5.41) is 5.77. The summed E-state index contributed by atoms with van der Waals surface area (Å²) >= 11 is 0. The summed E-state index contributed by atoms with van der Waals surface area (Å²) in [7, 11) is 0. The smallest absolute Gasteiger partial charge is 0.315 e. The summed E-state index contributed by atoms with van der Waals surface area (Å²) in [5.41, 5.74) is 0.987. The molecule has 0 unspecified atom stereocenters. The first-order valence-corrected chi connectivity index (χ1v) is 7.29. The van der Waals surface area contributed by atoms with E-state index in [2.05, 4.69) is 10.6 Å². The maximum atomic E-state index is 11.8. The average Bonchev–Trinajstić information content (AvgIpc) is 2.99. The van der Waals surface area contributed by atoms with Gasteiger partial charge in [-0.2, -0.15) is 0 Å². The third kappa shape index (κ3) is 3.78. The molecular weight excluding hydrogens is 272 g/mol. The Bertz CT molecular complexity index is 500. The van der Waals surface area contributed by atoms with Crippen LogP contribution in [-0.2, 0) is 11.3 Å². The van der Waals surface area contributed by atoms with E-state index in [4.69, 9.17) is 14.2 Å². The average molecular weight is 292 g/mol. The maximum absolute atomic E-state index is 11.8. The zero-order valence-electron chi connectivity index (χ0n) is 11.9. The van der Waals surface area contributed by atoms with Gasteiger partial charge in [0.15, 0.2) is 11.5 Å². The number of hydrogen-bond acceptors (Lipinski definition) is 4. The van der Waals surface area contributed by atoms with Gasteiger partial charge in [0.2, 0.25) is 6.79 Å². The predicted molar refractivity (Wildman–Crippen MR) is 76.3 cm³/mol. The van der Waals surface area contributed by atoms with Gasteiger partial charge in [-0.1, -0.05) is 6.07 Å². The monoisotopic (exact) mass is 292 g/mol. The van der Waals surface area contributed by atoms with E-state index in [0.717, 1.165) is 43.1 Å². The number of carbonyl (C=O) groups excluding carboxylic acids is 1. The van der Waals surface area contributed by atoms with Crippen molar-refractivity contribution in [1.29, 1.82) is 0 Å². The highest BCUT2D eigenvalue weighted by molar-refractivity contribution is 5.73. The molecule has 0 aliphatic carbocycles. The molecule has 1 aromatic rings. The molecule has 1 fully saturated rings. The van der Waals surface area contributed by atoms with E-state index < -0.39 is 0 Å². The highest BCUT2D eigenvalue weighted by Gasteiger charge is 2.15. The highest BCUT2D eigenvalue weighted by Crippen LogP contribution is 2.32. The van der Waals surface area contributed by atoms with Crippen LogP contribution in [0.15, 0.2) is 18.2 Å². The van der Waals surface area contributed by atoms with Crippen molar-refractivity contribution in [2.24, 2.45) is 5.92 Å². The summed E-state index contributed by atoms with van der Waals surface area (Å²) < 4.78 is 15.9. The van der Waals surface area contributed by atoms with Crippen LogP contribution in [0.25, 0.3) is 0 Å². The Labute approximate surface area is 123 Å². The molecule has 6 heteroatoms. The van der Waals surface area contributed by atoms with Crippen molar-refractivity contribution >= 4 is 6.03 Å². The molecule has 2 aliphatic rings. The van der Waals surface area contributed by atoms with Crippen LogP contribution >= 0.6 is 0 Å². The van der Waals surface area contributed by atoms with E-state index in [0.29, 0.717) is 19.0 Å². The van der Waals surface area contributed by atoms with Gasteiger partial charge in [0, 0.05) is 26.3 Å². The molecule has 2 N–H and O–H groups in total. The molecule has 2 heterocycles. The Kier molecular flexibility index (Phi) is 4.45. The van der Waals surface area contributed by atoms with Crippen molar-refractivity contribution in [2.75, 3.05) is 26.6 Å². The topological polar surface area (TPSA) is 68.8 Å². The van der Waals surface area contributed by atoms with E-state index in [1.54, 1.807) is 0 Å². The Morgan fingerprint density at radius 2 is 1.95 bits per heavy atom. The van der Waals surface area contributed by atoms with Crippen molar-refractivity contribution in [3.63, 3.8) is 0 Å². The molecule has 0 bridgehead atoms. The van der Waals surface area contributed by atoms with E-state index in [1.807, 2.05) is 18.2 Å². The second kappa shape index (κ2) is 6.67. The molecule has 0 spiro atoms. The van der Waals surface area contributed by atoms with Crippen molar-refractivity contribution in [3.8, 4) is 11.5 Å². The molecule has 6 nitrogen and oxygen atoms in total. The largest absolute Gasteiger partial charge is 0.454 e. The molecule has 0 saturated carbocycles. The molecule has 0 aromatic heterocycles. The Morgan fingerprint density at radius 1 is 1.14 bits per heavy atom.